The third-order valence-electron chi connectivity index (χ3n) is 7.29. The third kappa shape index (κ3) is 9.51. The minimum atomic E-state index is -0.584. The van der Waals surface area contributed by atoms with Crippen LogP contribution in [0, 0.1) is 5.82 Å². The van der Waals surface area contributed by atoms with Crippen LogP contribution in [0.5, 0.6) is 0 Å². The number of carbonyl (C=O) groups is 2. The van der Waals surface area contributed by atoms with Gasteiger partial charge >= 0.3 is 0 Å². The molecule has 10 nitrogen and oxygen atoms in total. The molecule has 2 aromatic rings. The SMILES string of the molecule is CC.CCC1CN(c2nc(N)c(C(=O)NC(C)C)nc2Cl)CCN1C1CCCN(C(=O)c2cc(F)cnc2Cl)CC1.CCl. The topological polar surface area (TPSA) is 121 Å². The van der Waals surface area contributed by atoms with Crippen molar-refractivity contribution in [2.24, 2.45) is 0 Å². The van der Waals surface area contributed by atoms with Crippen molar-refractivity contribution in [1.29, 1.82) is 0 Å². The minimum Gasteiger partial charge on any atom is -0.382 e. The molecule has 2 unspecified atom stereocenters. The summed E-state index contributed by atoms with van der Waals surface area (Å²) in [6.07, 6.45) is 5.97. The summed E-state index contributed by atoms with van der Waals surface area (Å²) in [5.41, 5.74) is 6.23. The molecule has 0 aromatic carbocycles. The van der Waals surface area contributed by atoms with E-state index in [1.54, 1.807) is 4.90 Å². The Morgan fingerprint density at radius 3 is 2.44 bits per heavy atom. The Morgan fingerprint density at radius 2 is 1.79 bits per heavy atom. The van der Waals surface area contributed by atoms with E-state index in [1.165, 1.54) is 6.38 Å². The molecule has 0 saturated carbocycles. The molecule has 2 aromatic heterocycles. The van der Waals surface area contributed by atoms with Crippen molar-refractivity contribution < 1.29 is 14.0 Å². The van der Waals surface area contributed by atoms with Crippen LogP contribution in [0.1, 0.15) is 81.1 Å². The van der Waals surface area contributed by atoms with Crippen LogP contribution in [-0.2, 0) is 0 Å². The van der Waals surface area contributed by atoms with Crippen LogP contribution in [0.15, 0.2) is 12.3 Å². The second kappa shape index (κ2) is 17.7. The van der Waals surface area contributed by atoms with Crippen LogP contribution < -0.4 is 16.0 Å². The first-order valence-electron chi connectivity index (χ1n) is 14.7. The first kappa shape index (κ1) is 36.7. The number of nitrogen functional groups attached to an aromatic ring is 1. The van der Waals surface area contributed by atoms with E-state index in [2.05, 4.69) is 48.6 Å². The van der Waals surface area contributed by atoms with Crippen LogP contribution >= 0.6 is 34.8 Å². The highest BCUT2D eigenvalue weighted by Crippen LogP contribution is 2.30. The summed E-state index contributed by atoms with van der Waals surface area (Å²) in [7, 11) is 0. The van der Waals surface area contributed by atoms with Gasteiger partial charge in [0.2, 0.25) is 0 Å². The van der Waals surface area contributed by atoms with Crippen LogP contribution in [0.2, 0.25) is 10.3 Å². The van der Waals surface area contributed by atoms with Gasteiger partial charge in [-0.05, 0) is 45.6 Å². The Morgan fingerprint density at radius 1 is 1.09 bits per heavy atom. The van der Waals surface area contributed by atoms with E-state index in [9.17, 15) is 14.0 Å². The number of nitrogens with two attached hydrogens (primary N) is 1. The number of nitrogens with zero attached hydrogens (tertiary/aromatic N) is 6. The minimum absolute atomic E-state index is 0.0142. The van der Waals surface area contributed by atoms with E-state index in [4.69, 9.17) is 28.9 Å². The van der Waals surface area contributed by atoms with Crippen molar-refractivity contribution >= 4 is 58.3 Å². The maximum atomic E-state index is 13.7. The number of aromatic nitrogens is 3. The number of anilines is 2. The van der Waals surface area contributed by atoms with Crippen molar-refractivity contribution in [3.63, 3.8) is 0 Å². The molecule has 4 rings (SSSR count). The van der Waals surface area contributed by atoms with Gasteiger partial charge in [0.15, 0.2) is 22.5 Å². The van der Waals surface area contributed by atoms with Gasteiger partial charge in [0.25, 0.3) is 11.8 Å². The van der Waals surface area contributed by atoms with Gasteiger partial charge in [0.05, 0.1) is 11.8 Å². The Hall–Kier alpha value is -2.47. The summed E-state index contributed by atoms with van der Waals surface area (Å²) in [6.45, 7) is 13.1. The summed E-state index contributed by atoms with van der Waals surface area (Å²) < 4.78 is 13.7. The second-order valence-electron chi connectivity index (χ2n) is 10.3. The zero-order valence-electron chi connectivity index (χ0n) is 25.8. The zero-order chi connectivity index (χ0) is 32.3. The van der Waals surface area contributed by atoms with E-state index in [1.807, 2.05) is 27.7 Å². The molecular formula is C29H44Cl3FN8O2. The predicted molar refractivity (Wildman–Crippen MR) is 173 cm³/mol. The van der Waals surface area contributed by atoms with E-state index in [0.29, 0.717) is 38.0 Å². The van der Waals surface area contributed by atoms with E-state index < -0.39 is 11.7 Å². The average Bonchev–Trinajstić information content (AvgIpc) is 3.26. The van der Waals surface area contributed by atoms with Crippen molar-refractivity contribution in [2.45, 2.75) is 78.4 Å². The maximum absolute atomic E-state index is 13.7. The smallest absolute Gasteiger partial charge is 0.273 e. The average molecular weight is 662 g/mol. The number of piperazine rings is 1. The fourth-order valence-electron chi connectivity index (χ4n) is 5.38. The molecule has 2 atom stereocenters. The quantitative estimate of drug-likeness (QED) is 0.307. The van der Waals surface area contributed by atoms with Crippen LogP contribution in [-0.4, -0.2) is 93.8 Å². The van der Waals surface area contributed by atoms with E-state index in [-0.39, 0.29) is 45.4 Å². The molecule has 2 aliphatic heterocycles. The molecule has 2 amide bonds. The lowest BCUT2D eigenvalue weighted by atomic mass is 10.0. The normalized spacial score (nSPS) is 19.0. The second-order valence-corrected chi connectivity index (χ2v) is 11.0. The summed E-state index contributed by atoms with van der Waals surface area (Å²) in [5, 5.41) is 2.93. The Balaban J connectivity index is 0.00000155. The van der Waals surface area contributed by atoms with Crippen LogP contribution in [0.3, 0.4) is 0 Å². The molecule has 240 valence electrons. The summed E-state index contributed by atoms with van der Waals surface area (Å²) in [5.74, 6) is -0.756. The molecule has 0 aliphatic carbocycles. The van der Waals surface area contributed by atoms with E-state index in [0.717, 1.165) is 44.5 Å². The summed E-state index contributed by atoms with van der Waals surface area (Å²) in [4.78, 5) is 44.3. The van der Waals surface area contributed by atoms with Crippen molar-refractivity contribution in [1.82, 2.24) is 30.1 Å². The highest BCUT2D eigenvalue weighted by molar-refractivity contribution is 6.32. The Bertz CT molecular complexity index is 1220. The molecule has 0 bridgehead atoms. The highest BCUT2D eigenvalue weighted by Gasteiger charge is 2.34. The number of nitrogens with one attached hydrogen (secondary N) is 1. The van der Waals surface area contributed by atoms with Gasteiger partial charge in [-0.3, -0.25) is 14.5 Å². The molecule has 0 spiro atoms. The zero-order valence-corrected chi connectivity index (χ0v) is 28.1. The Labute approximate surface area is 269 Å². The summed E-state index contributed by atoms with van der Waals surface area (Å²) >= 11 is 17.2. The molecule has 4 heterocycles. The fourth-order valence-corrected chi connectivity index (χ4v) is 5.81. The van der Waals surface area contributed by atoms with Gasteiger partial charge in [0.1, 0.15) is 11.0 Å². The number of alkyl halides is 1. The lowest BCUT2D eigenvalue weighted by Gasteiger charge is -2.45. The summed E-state index contributed by atoms with van der Waals surface area (Å²) in [6, 6.07) is 1.61. The highest BCUT2D eigenvalue weighted by atomic mass is 35.5. The van der Waals surface area contributed by atoms with E-state index >= 15 is 0 Å². The predicted octanol–water partition coefficient (Wildman–Crippen LogP) is 5.51. The van der Waals surface area contributed by atoms with Gasteiger partial charge in [0, 0.05) is 57.2 Å². The number of halogens is 4. The molecule has 2 fully saturated rings. The number of rotatable bonds is 6. The van der Waals surface area contributed by atoms with Crippen LogP contribution in [0.25, 0.3) is 0 Å². The van der Waals surface area contributed by atoms with Gasteiger partial charge in [-0.1, -0.05) is 44.0 Å². The standard InChI is InChI=1S/C26H35Cl2FN8O2.C2H6.CH3Cl/c1-4-17-14-36(24-22(28)33-20(23(30)34-24)25(38)32-15(2)3)10-11-37(17)18-6-5-8-35(9-7-18)26(39)19-12-16(29)13-31-21(19)27;2*1-2/h12-13,15,17-18H,4-11,14H2,1-3H3,(H2,30,34)(H,32,38);1-2H3;1H3. The monoisotopic (exact) mass is 660 g/mol. The Kier molecular flexibility index (Phi) is 15.1. The first-order valence-corrected chi connectivity index (χ1v) is 16.2. The molecular weight excluding hydrogens is 618 g/mol. The number of amides is 2. The lowest BCUT2D eigenvalue weighted by molar-refractivity contribution is 0.0743. The van der Waals surface area contributed by atoms with Crippen molar-refractivity contribution in [2.75, 3.05) is 49.7 Å². The molecule has 2 aliphatic rings. The number of hydrogen-bond acceptors (Lipinski definition) is 8. The van der Waals surface area contributed by atoms with Crippen LogP contribution in [0.4, 0.5) is 16.0 Å². The fraction of sp³-hybridized carbons (Fsp3) is 0.621. The third-order valence-corrected chi connectivity index (χ3v) is 7.84. The molecule has 43 heavy (non-hydrogen) atoms. The molecule has 3 N–H and O–H groups in total. The largest absolute Gasteiger partial charge is 0.382 e. The lowest BCUT2D eigenvalue weighted by Crippen LogP contribution is -2.57. The number of pyridine rings is 1. The van der Waals surface area contributed by atoms with Crippen molar-refractivity contribution in [3.05, 3.63) is 39.6 Å². The van der Waals surface area contributed by atoms with Gasteiger partial charge < -0.3 is 20.9 Å². The number of likely N-dealkylation sites (tertiary alicyclic amines) is 1. The van der Waals surface area contributed by atoms with Gasteiger partial charge in [-0.25, -0.2) is 19.3 Å². The maximum Gasteiger partial charge on any atom is 0.273 e. The molecule has 2 saturated heterocycles. The number of hydrogen-bond donors (Lipinski definition) is 2. The van der Waals surface area contributed by atoms with Crippen molar-refractivity contribution in [3.8, 4) is 0 Å². The van der Waals surface area contributed by atoms with Gasteiger partial charge in [-0.15, -0.1) is 11.6 Å². The molecule has 0 radical (unpaired) electrons. The number of carbonyl (C=O) groups excluding carboxylic acids is 2. The first-order chi connectivity index (χ1) is 20.6. The van der Waals surface area contributed by atoms with Gasteiger partial charge in [-0.2, -0.15) is 0 Å². The molecule has 14 heteroatoms.